The van der Waals surface area contributed by atoms with Gasteiger partial charge < -0.3 is 14.9 Å². The molecule has 1 heterocycles. The van der Waals surface area contributed by atoms with Crippen molar-refractivity contribution in [2.24, 2.45) is 0 Å². The maximum atomic E-state index is 9.67. The van der Waals surface area contributed by atoms with Crippen LogP contribution in [0.2, 0.25) is 0 Å². The quantitative estimate of drug-likeness (QED) is 0.754. The van der Waals surface area contributed by atoms with Crippen molar-refractivity contribution in [3.63, 3.8) is 0 Å². The lowest BCUT2D eigenvalue weighted by molar-refractivity contribution is -0.134. The lowest BCUT2D eigenvalue weighted by atomic mass is 9.85. The van der Waals surface area contributed by atoms with Crippen LogP contribution in [-0.4, -0.2) is 21.8 Å². The highest BCUT2D eigenvalue weighted by molar-refractivity contribution is 5.62. The molecular formula is C15H22O4. The standard InChI is InChI=1S/C13H18O2.C2H4O2/c1-8-5-12-10(6-11(8)14)9(2)7-13(3,4)15-12;1-2(3)4/h5-6,9,14H,7H2,1-4H3;1H3,(H,3,4). The molecule has 0 aliphatic carbocycles. The minimum atomic E-state index is -0.833. The second kappa shape index (κ2) is 5.51. The van der Waals surface area contributed by atoms with Crippen molar-refractivity contribution >= 4 is 5.97 Å². The third-order valence-corrected chi connectivity index (χ3v) is 3.04. The third kappa shape index (κ3) is 4.16. The average Bonchev–Trinajstić information content (AvgIpc) is 2.19. The van der Waals surface area contributed by atoms with Crippen molar-refractivity contribution < 1.29 is 19.7 Å². The van der Waals surface area contributed by atoms with E-state index in [1.54, 1.807) is 0 Å². The van der Waals surface area contributed by atoms with E-state index in [1.807, 2.05) is 19.1 Å². The summed E-state index contributed by atoms with van der Waals surface area (Å²) in [5, 5.41) is 17.1. The van der Waals surface area contributed by atoms with Crippen molar-refractivity contribution in [3.05, 3.63) is 23.3 Å². The Kier molecular flexibility index (Phi) is 4.45. The van der Waals surface area contributed by atoms with E-state index in [0.29, 0.717) is 11.7 Å². The van der Waals surface area contributed by atoms with Gasteiger partial charge in [-0.3, -0.25) is 4.79 Å². The van der Waals surface area contributed by atoms with E-state index in [0.717, 1.165) is 30.2 Å². The number of carbonyl (C=O) groups is 1. The molecule has 2 N–H and O–H groups in total. The molecule has 4 heteroatoms. The molecule has 0 saturated heterocycles. The van der Waals surface area contributed by atoms with Crippen molar-refractivity contribution in [3.8, 4) is 11.5 Å². The van der Waals surface area contributed by atoms with Crippen LogP contribution in [-0.2, 0) is 4.79 Å². The Hall–Kier alpha value is -1.71. The summed E-state index contributed by atoms with van der Waals surface area (Å²) in [5.74, 6) is 0.896. The highest BCUT2D eigenvalue weighted by atomic mass is 16.5. The number of phenols is 1. The Bertz CT molecular complexity index is 473. The van der Waals surface area contributed by atoms with Crippen molar-refractivity contribution in [2.75, 3.05) is 0 Å². The van der Waals surface area contributed by atoms with Crippen LogP contribution in [0, 0.1) is 6.92 Å². The summed E-state index contributed by atoms with van der Waals surface area (Å²) in [6.07, 6.45) is 0.989. The van der Waals surface area contributed by atoms with Gasteiger partial charge in [-0.05, 0) is 50.8 Å². The number of rotatable bonds is 0. The fourth-order valence-corrected chi connectivity index (χ4v) is 2.35. The molecule has 0 aromatic heterocycles. The number of phenolic OH excluding ortho intramolecular Hbond substituents is 1. The van der Waals surface area contributed by atoms with Gasteiger partial charge in [-0.15, -0.1) is 0 Å². The summed E-state index contributed by atoms with van der Waals surface area (Å²) in [6, 6.07) is 3.77. The molecule has 0 bridgehead atoms. The number of hydrogen-bond acceptors (Lipinski definition) is 3. The number of aromatic hydroxyl groups is 1. The fourth-order valence-electron chi connectivity index (χ4n) is 2.35. The van der Waals surface area contributed by atoms with Crippen LogP contribution in [0.5, 0.6) is 11.5 Å². The molecular weight excluding hydrogens is 244 g/mol. The molecule has 1 aliphatic heterocycles. The molecule has 1 aromatic carbocycles. The Balaban J connectivity index is 0.000000399. The smallest absolute Gasteiger partial charge is 0.300 e. The van der Waals surface area contributed by atoms with Crippen molar-refractivity contribution in [1.29, 1.82) is 0 Å². The third-order valence-electron chi connectivity index (χ3n) is 3.04. The van der Waals surface area contributed by atoms with Gasteiger partial charge >= 0.3 is 0 Å². The molecule has 2 rings (SSSR count). The van der Waals surface area contributed by atoms with E-state index < -0.39 is 5.97 Å². The van der Waals surface area contributed by atoms with Crippen LogP contribution in [0.25, 0.3) is 0 Å². The average molecular weight is 266 g/mol. The second-order valence-electron chi connectivity index (χ2n) is 5.66. The number of benzene rings is 1. The van der Waals surface area contributed by atoms with E-state index in [2.05, 4.69) is 20.8 Å². The summed E-state index contributed by atoms with van der Waals surface area (Å²) in [6.45, 7) is 9.37. The summed E-state index contributed by atoms with van der Waals surface area (Å²) >= 11 is 0. The van der Waals surface area contributed by atoms with E-state index >= 15 is 0 Å². The molecule has 19 heavy (non-hydrogen) atoms. The Morgan fingerprint density at radius 1 is 1.42 bits per heavy atom. The largest absolute Gasteiger partial charge is 0.508 e. The lowest BCUT2D eigenvalue weighted by Gasteiger charge is -2.36. The number of fused-ring (bicyclic) bond motifs is 1. The zero-order valence-electron chi connectivity index (χ0n) is 12.2. The van der Waals surface area contributed by atoms with E-state index in [4.69, 9.17) is 14.6 Å². The highest BCUT2D eigenvalue weighted by Crippen LogP contribution is 2.42. The number of aliphatic carboxylic acids is 1. The predicted octanol–water partition coefficient (Wildman–Crippen LogP) is 3.46. The first kappa shape index (κ1) is 15.3. The Morgan fingerprint density at radius 2 is 1.95 bits per heavy atom. The van der Waals surface area contributed by atoms with Crippen LogP contribution >= 0.6 is 0 Å². The number of ether oxygens (including phenoxy) is 1. The summed E-state index contributed by atoms with van der Waals surface area (Å²) in [5.41, 5.74) is 1.90. The number of carboxylic acid groups (broad SMARTS) is 1. The first-order chi connectivity index (χ1) is 8.62. The molecule has 0 amide bonds. The maximum Gasteiger partial charge on any atom is 0.300 e. The van der Waals surface area contributed by atoms with E-state index in [-0.39, 0.29) is 5.60 Å². The molecule has 4 nitrogen and oxygen atoms in total. The first-order valence-electron chi connectivity index (χ1n) is 6.34. The molecule has 106 valence electrons. The van der Waals surface area contributed by atoms with Gasteiger partial charge in [0.2, 0.25) is 0 Å². The van der Waals surface area contributed by atoms with Crippen molar-refractivity contribution in [2.45, 2.75) is 52.6 Å². The van der Waals surface area contributed by atoms with Gasteiger partial charge in [0.15, 0.2) is 0 Å². The Labute approximate surface area is 114 Å². The number of carboxylic acids is 1. The summed E-state index contributed by atoms with van der Waals surface area (Å²) in [7, 11) is 0. The van der Waals surface area contributed by atoms with Gasteiger partial charge in [0.05, 0.1) is 0 Å². The topological polar surface area (TPSA) is 66.8 Å². The van der Waals surface area contributed by atoms with E-state index in [9.17, 15) is 5.11 Å². The fraction of sp³-hybridized carbons (Fsp3) is 0.533. The van der Waals surface area contributed by atoms with Gasteiger partial charge in [0.1, 0.15) is 17.1 Å². The van der Waals surface area contributed by atoms with Crippen LogP contribution in [0.15, 0.2) is 12.1 Å². The van der Waals surface area contributed by atoms with Crippen molar-refractivity contribution in [1.82, 2.24) is 0 Å². The summed E-state index contributed by atoms with van der Waals surface area (Å²) < 4.78 is 5.91. The van der Waals surface area contributed by atoms with E-state index in [1.165, 1.54) is 0 Å². The van der Waals surface area contributed by atoms with Gasteiger partial charge in [-0.2, -0.15) is 0 Å². The molecule has 1 aromatic rings. The molecule has 0 fully saturated rings. The monoisotopic (exact) mass is 266 g/mol. The molecule has 0 spiro atoms. The van der Waals surface area contributed by atoms with Gasteiger partial charge in [0, 0.05) is 12.5 Å². The second-order valence-corrected chi connectivity index (χ2v) is 5.66. The predicted molar refractivity (Wildman–Crippen MR) is 73.9 cm³/mol. The molecule has 1 unspecified atom stereocenters. The van der Waals surface area contributed by atoms with Crippen LogP contribution < -0.4 is 4.74 Å². The minimum absolute atomic E-state index is 0.101. The highest BCUT2D eigenvalue weighted by Gasteiger charge is 2.31. The van der Waals surface area contributed by atoms with Crippen LogP contribution in [0.1, 0.15) is 51.2 Å². The number of hydrogen-bond donors (Lipinski definition) is 2. The molecule has 1 atom stereocenters. The normalized spacial score (nSPS) is 19.5. The lowest BCUT2D eigenvalue weighted by Crippen LogP contribution is -2.34. The molecule has 1 aliphatic rings. The molecule has 0 radical (unpaired) electrons. The number of aryl methyl sites for hydroxylation is 1. The zero-order chi connectivity index (χ0) is 14.8. The van der Waals surface area contributed by atoms with Crippen LogP contribution in [0.3, 0.4) is 0 Å². The zero-order valence-corrected chi connectivity index (χ0v) is 12.2. The minimum Gasteiger partial charge on any atom is -0.508 e. The van der Waals surface area contributed by atoms with Crippen LogP contribution in [0.4, 0.5) is 0 Å². The van der Waals surface area contributed by atoms with Gasteiger partial charge in [-0.1, -0.05) is 6.92 Å². The van der Waals surface area contributed by atoms with Gasteiger partial charge in [0.25, 0.3) is 5.97 Å². The summed E-state index contributed by atoms with van der Waals surface area (Å²) in [4.78, 5) is 9.00. The maximum absolute atomic E-state index is 9.67. The van der Waals surface area contributed by atoms with Gasteiger partial charge in [-0.25, -0.2) is 0 Å². The first-order valence-corrected chi connectivity index (χ1v) is 6.34. The SMILES string of the molecule is CC(=O)O.Cc1cc2c(cc1O)C(C)CC(C)(C)O2. The Morgan fingerprint density at radius 3 is 2.47 bits per heavy atom. The molecule has 0 saturated carbocycles.